The lowest BCUT2D eigenvalue weighted by molar-refractivity contribution is -0.138. The van der Waals surface area contributed by atoms with Crippen LogP contribution in [0.25, 0.3) is 6.08 Å². The van der Waals surface area contributed by atoms with Crippen LogP contribution in [0.2, 0.25) is 0 Å². The summed E-state index contributed by atoms with van der Waals surface area (Å²) in [5, 5.41) is 8.86. The molecule has 0 saturated carbocycles. The molecule has 0 radical (unpaired) electrons. The number of aldehydes is 1. The van der Waals surface area contributed by atoms with Gasteiger partial charge in [0.15, 0.2) is 0 Å². The van der Waals surface area contributed by atoms with Crippen molar-refractivity contribution >= 4 is 18.3 Å². The zero-order chi connectivity index (χ0) is 12.3. The maximum atomic E-state index is 10.9. The molecule has 0 amide bonds. The van der Waals surface area contributed by atoms with E-state index in [-0.39, 0.29) is 12.3 Å². The van der Waals surface area contributed by atoms with Crippen LogP contribution in [0.5, 0.6) is 0 Å². The summed E-state index contributed by atoms with van der Waals surface area (Å²) in [5.41, 5.74) is 2.83. The number of hydrogen-bond donors (Lipinski definition) is 1. The van der Waals surface area contributed by atoms with Crippen LogP contribution in [0, 0.1) is 5.92 Å². The van der Waals surface area contributed by atoms with E-state index < -0.39 is 5.97 Å². The van der Waals surface area contributed by atoms with Gasteiger partial charge in [-0.05, 0) is 41.5 Å². The first-order valence-electron chi connectivity index (χ1n) is 5.64. The second kappa shape index (κ2) is 4.95. The van der Waals surface area contributed by atoms with Crippen LogP contribution in [0.1, 0.15) is 24.0 Å². The zero-order valence-corrected chi connectivity index (χ0v) is 9.43. The van der Waals surface area contributed by atoms with E-state index in [4.69, 9.17) is 5.11 Å². The summed E-state index contributed by atoms with van der Waals surface area (Å²) in [6, 6.07) is 7.82. The highest BCUT2D eigenvalue weighted by molar-refractivity contribution is 5.83. The lowest BCUT2D eigenvalue weighted by Crippen LogP contribution is -2.11. The molecule has 1 aliphatic rings. The summed E-state index contributed by atoms with van der Waals surface area (Å²) in [5.74, 6) is -0.799. The number of fused-ring (bicyclic) bond motifs is 1. The molecule has 17 heavy (non-hydrogen) atoms. The van der Waals surface area contributed by atoms with Crippen molar-refractivity contribution in [3.63, 3.8) is 0 Å². The molecule has 1 aromatic carbocycles. The van der Waals surface area contributed by atoms with Gasteiger partial charge in [-0.1, -0.05) is 24.3 Å². The van der Waals surface area contributed by atoms with Crippen LogP contribution in [-0.4, -0.2) is 17.4 Å². The minimum Gasteiger partial charge on any atom is -0.481 e. The van der Waals surface area contributed by atoms with Crippen molar-refractivity contribution in [1.82, 2.24) is 0 Å². The Balaban J connectivity index is 2.33. The Bertz CT molecular complexity index is 474. The Morgan fingerprint density at radius 1 is 1.35 bits per heavy atom. The number of carbonyl (C=O) groups excluding carboxylic acids is 1. The van der Waals surface area contributed by atoms with E-state index in [2.05, 4.69) is 0 Å². The van der Waals surface area contributed by atoms with Gasteiger partial charge in [-0.25, -0.2) is 0 Å². The minimum atomic E-state index is -0.806. The summed E-state index contributed by atoms with van der Waals surface area (Å²) in [6.07, 6.45) is 4.07. The molecular weight excluding hydrogens is 216 g/mol. The second-order valence-electron chi connectivity index (χ2n) is 4.41. The molecule has 2 rings (SSSR count). The molecule has 1 unspecified atom stereocenters. The van der Waals surface area contributed by atoms with Gasteiger partial charge in [0.2, 0.25) is 0 Å². The molecule has 1 aromatic rings. The van der Waals surface area contributed by atoms with Crippen molar-refractivity contribution in [3.05, 3.63) is 41.0 Å². The number of carboxylic acids is 1. The van der Waals surface area contributed by atoms with Crippen LogP contribution in [0.15, 0.2) is 29.8 Å². The fourth-order valence-corrected chi connectivity index (χ4v) is 2.31. The van der Waals surface area contributed by atoms with E-state index in [1.807, 2.05) is 30.3 Å². The smallest absolute Gasteiger partial charge is 0.303 e. The molecule has 0 aliphatic heterocycles. The molecule has 0 spiro atoms. The molecule has 1 N–H and O–H groups in total. The van der Waals surface area contributed by atoms with Crippen LogP contribution < -0.4 is 0 Å². The van der Waals surface area contributed by atoms with Gasteiger partial charge in [-0.3, -0.25) is 9.59 Å². The van der Waals surface area contributed by atoms with Gasteiger partial charge in [0.25, 0.3) is 0 Å². The summed E-state index contributed by atoms with van der Waals surface area (Å²) in [4.78, 5) is 21.7. The molecule has 3 nitrogen and oxygen atoms in total. The lowest BCUT2D eigenvalue weighted by Gasteiger charge is -2.12. The summed E-state index contributed by atoms with van der Waals surface area (Å²) < 4.78 is 0. The molecule has 3 heteroatoms. The largest absolute Gasteiger partial charge is 0.481 e. The highest BCUT2D eigenvalue weighted by atomic mass is 16.4. The Morgan fingerprint density at radius 3 is 2.82 bits per heavy atom. The van der Waals surface area contributed by atoms with Crippen LogP contribution in [0.3, 0.4) is 0 Å². The summed E-state index contributed by atoms with van der Waals surface area (Å²) >= 11 is 0. The molecule has 0 fully saturated rings. The number of carboxylic acid groups (broad SMARTS) is 1. The van der Waals surface area contributed by atoms with Gasteiger partial charge in [0, 0.05) is 6.42 Å². The van der Waals surface area contributed by atoms with Crippen molar-refractivity contribution < 1.29 is 14.7 Å². The maximum absolute atomic E-state index is 10.9. The molecule has 0 bridgehead atoms. The molecule has 88 valence electrons. The van der Waals surface area contributed by atoms with Gasteiger partial charge in [0.05, 0.1) is 0 Å². The molecule has 1 atom stereocenters. The molecule has 0 aromatic heterocycles. The van der Waals surface area contributed by atoms with Gasteiger partial charge < -0.3 is 5.11 Å². The monoisotopic (exact) mass is 230 g/mol. The van der Waals surface area contributed by atoms with Crippen molar-refractivity contribution in [3.8, 4) is 0 Å². The Hall–Kier alpha value is -1.90. The Labute approximate surface area is 99.8 Å². The summed E-state index contributed by atoms with van der Waals surface area (Å²) in [6.45, 7) is 0. The number of benzene rings is 1. The van der Waals surface area contributed by atoms with Crippen molar-refractivity contribution in [2.24, 2.45) is 5.92 Å². The van der Waals surface area contributed by atoms with Gasteiger partial charge in [0.1, 0.15) is 6.29 Å². The van der Waals surface area contributed by atoms with Gasteiger partial charge in [-0.2, -0.15) is 0 Å². The van der Waals surface area contributed by atoms with Crippen LogP contribution in [-0.2, 0) is 16.0 Å². The molecule has 0 heterocycles. The number of carbonyl (C=O) groups is 2. The van der Waals surface area contributed by atoms with Crippen molar-refractivity contribution in [2.45, 2.75) is 19.3 Å². The van der Waals surface area contributed by atoms with Gasteiger partial charge >= 0.3 is 5.97 Å². The Kier molecular flexibility index (Phi) is 3.38. The highest BCUT2D eigenvalue weighted by Crippen LogP contribution is 2.27. The number of rotatable bonds is 3. The van der Waals surface area contributed by atoms with Crippen LogP contribution >= 0.6 is 0 Å². The molecule has 1 aliphatic carbocycles. The van der Waals surface area contributed by atoms with Gasteiger partial charge in [-0.15, -0.1) is 0 Å². The zero-order valence-electron chi connectivity index (χ0n) is 9.43. The summed E-state index contributed by atoms with van der Waals surface area (Å²) in [7, 11) is 0. The van der Waals surface area contributed by atoms with E-state index in [1.54, 1.807) is 0 Å². The number of hydrogen-bond acceptors (Lipinski definition) is 2. The predicted octanol–water partition coefficient (Wildman–Crippen LogP) is 2.31. The minimum absolute atomic E-state index is 0.00704. The normalized spacial score (nSPS) is 18.8. The first-order valence-corrected chi connectivity index (χ1v) is 5.64. The van der Waals surface area contributed by atoms with E-state index in [1.165, 1.54) is 0 Å². The average Bonchev–Trinajstić information content (AvgIpc) is 2.46. The Morgan fingerprint density at radius 2 is 2.12 bits per heavy atom. The van der Waals surface area contributed by atoms with Crippen molar-refractivity contribution in [2.75, 3.05) is 0 Å². The standard InChI is InChI=1S/C14H14O3/c15-9-11-5-10(8-14(16)17)6-12-3-1-2-4-13(12)7-11/h1-4,7,9-10H,5-6,8H2,(H,16,17). The fraction of sp³-hybridized carbons (Fsp3) is 0.286. The first kappa shape index (κ1) is 11.6. The molecule has 0 saturated heterocycles. The molecular formula is C14H14O3. The highest BCUT2D eigenvalue weighted by Gasteiger charge is 2.19. The average molecular weight is 230 g/mol. The quantitative estimate of drug-likeness (QED) is 0.811. The van der Waals surface area contributed by atoms with E-state index in [9.17, 15) is 9.59 Å². The van der Waals surface area contributed by atoms with E-state index in [0.717, 1.165) is 23.8 Å². The van der Waals surface area contributed by atoms with Crippen molar-refractivity contribution in [1.29, 1.82) is 0 Å². The van der Waals surface area contributed by atoms with E-state index >= 15 is 0 Å². The first-order chi connectivity index (χ1) is 8.19. The number of allylic oxidation sites excluding steroid dienone is 1. The third kappa shape index (κ3) is 2.81. The van der Waals surface area contributed by atoms with E-state index in [0.29, 0.717) is 12.0 Å². The predicted molar refractivity (Wildman–Crippen MR) is 64.5 cm³/mol. The third-order valence-electron chi connectivity index (χ3n) is 3.04. The second-order valence-corrected chi connectivity index (χ2v) is 4.41. The third-order valence-corrected chi connectivity index (χ3v) is 3.04. The fourth-order valence-electron chi connectivity index (χ4n) is 2.31. The lowest BCUT2D eigenvalue weighted by atomic mass is 9.92. The number of aliphatic carboxylic acids is 1. The van der Waals surface area contributed by atoms with Crippen LogP contribution in [0.4, 0.5) is 0 Å². The topological polar surface area (TPSA) is 54.4 Å². The SMILES string of the molecule is O=CC1=Cc2ccccc2CC(CC(=O)O)C1. The maximum Gasteiger partial charge on any atom is 0.303 e.